The number of nitrogens with one attached hydrogen (secondary N) is 2. The van der Waals surface area contributed by atoms with Gasteiger partial charge in [-0.1, -0.05) is 36.4 Å². The zero-order valence-corrected chi connectivity index (χ0v) is 16.5. The molecule has 1 fully saturated rings. The Balaban J connectivity index is 1.53. The number of H-pyrrole nitrogens is 1. The van der Waals surface area contributed by atoms with Crippen LogP contribution >= 0.6 is 0 Å². The topological polar surface area (TPSA) is 91.0 Å². The predicted molar refractivity (Wildman–Crippen MR) is 108 cm³/mol. The van der Waals surface area contributed by atoms with Gasteiger partial charge in [-0.3, -0.25) is 14.7 Å². The molecule has 2 heterocycles. The fraction of sp³-hybridized carbons (Fsp3) is 0.273. The van der Waals surface area contributed by atoms with Crippen LogP contribution in [0.5, 0.6) is 0 Å². The summed E-state index contributed by atoms with van der Waals surface area (Å²) in [6.45, 7) is 2.09. The van der Waals surface area contributed by atoms with E-state index in [2.05, 4.69) is 20.5 Å². The molecule has 1 saturated heterocycles. The molecule has 1 aliphatic heterocycles. The van der Waals surface area contributed by atoms with E-state index >= 15 is 0 Å². The fourth-order valence-electron chi connectivity index (χ4n) is 3.73. The molecule has 7 nitrogen and oxygen atoms in total. The Morgan fingerprint density at radius 1 is 1.17 bits per heavy atom. The normalized spacial score (nSPS) is 18.4. The maximum atomic E-state index is 14.0. The van der Waals surface area contributed by atoms with Crippen LogP contribution in [0.15, 0.2) is 54.6 Å². The number of aryl methyl sites for hydroxylation is 1. The van der Waals surface area contributed by atoms with Crippen molar-refractivity contribution < 1.29 is 14.0 Å². The van der Waals surface area contributed by atoms with E-state index in [1.54, 1.807) is 54.3 Å². The minimum atomic E-state index is -0.413. The van der Waals surface area contributed by atoms with E-state index < -0.39 is 11.9 Å². The van der Waals surface area contributed by atoms with Gasteiger partial charge in [0.25, 0.3) is 5.91 Å². The molecule has 2 atom stereocenters. The molecule has 154 valence electrons. The lowest BCUT2D eigenvalue weighted by Crippen LogP contribution is -2.39. The lowest BCUT2D eigenvalue weighted by molar-refractivity contribution is -0.131. The zero-order chi connectivity index (χ0) is 21.1. The first kappa shape index (κ1) is 19.8. The van der Waals surface area contributed by atoms with Crippen molar-refractivity contribution in [2.24, 2.45) is 0 Å². The van der Waals surface area contributed by atoms with Gasteiger partial charge in [0.15, 0.2) is 5.82 Å². The first-order valence-corrected chi connectivity index (χ1v) is 9.79. The third-order valence-corrected chi connectivity index (χ3v) is 5.20. The third-order valence-electron chi connectivity index (χ3n) is 5.20. The number of amides is 2. The van der Waals surface area contributed by atoms with Crippen LogP contribution in [0.25, 0.3) is 0 Å². The van der Waals surface area contributed by atoms with Crippen LogP contribution in [0.1, 0.15) is 40.0 Å². The Hall–Kier alpha value is -3.55. The Bertz CT molecular complexity index is 1050. The number of hydrogen-bond acceptors (Lipinski definition) is 4. The maximum absolute atomic E-state index is 14.0. The van der Waals surface area contributed by atoms with Crippen molar-refractivity contribution in [1.82, 2.24) is 25.4 Å². The molecule has 2 N–H and O–H groups in total. The number of aromatic nitrogens is 3. The van der Waals surface area contributed by atoms with Crippen molar-refractivity contribution in [2.75, 3.05) is 6.54 Å². The molecule has 1 aliphatic rings. The van der Waals surface area contributed by atoms with Gasteiger partial charge in [0.05, 0.1) is 12.5 Å². The summed E-state index contributed by atoms with van der Waals surface area (Å²) in [5.74, 6) is 0.288. The highest BCUT2D eigenvalue weighted by Gasteiger charge is 2.39. The summed E-state index contributed by atoms with van der Waals surface area (Å²) in [4.78, 5) is 31.6. The molecule has 0 bridgehead atoms. The van der Waals surface area contributed by atoms with Crippen molar-refractivity contribution in [1.29, 1.82) is 0 Å². The number of carbonyl (C=O) groups is 2. The second-order valence-electron chi connectivity index (χ2n) is 7.38. The molecular formula is C22H22FN5O2. The highest BCUT2D eigenvalue weighted by atomic mass is 19.1. The molecule has 0 radical (unpaired) electrons. The summed E-state index contributed by atoms with van der Waals surface area (Å²) in [6.07, 6.45) is 0.421. The third kappa shape index (κ3) is 4.22. The minimum absolute atomic E-state index is 0.0636. The van der Waals surface area contributed by atoms with E-state index in [0.29, 0.717) is 35.7 Å². The Morgan fingerprint density at radius 2 is 1.90 bits per heavy atom. The molecule has 0 spiro atoms. The molecule has 0 aliphatic carbocycles. The summed E-state index contributed by atoms with van der Waals surface area (Å²) < 4.78 is 14.0. The number of nitrogens with zero attached hydrogens (tertiary/aromatic N) is 3. The van der Waals surface area contributed by atoms with Crippen molar-refractivity contribution in [3.63, 3.8) is 0 Å². The second-order valence-corrected chi connectivity index (χ2v) is 7.38. The van der Waals surface area contributed by atoms with E-state index in [1.807, 2.05) is 6.07 Å². The molecular weight excluding hydrogens is 385 g/mol. The average Bonchev–Trinajstić information content (AvgIpc) is 3.36. The minimum Gasteiger partial charge on any atom is -0.347 e. The van der Waals surface area contributed by atoms with Crippen LogP contribution in [0.2, 0.25) is 0 Å². The molecule has 2 amide bonds. The van der Waals surface area contributed by atoms with Gasteiger partial charge in [0.1, 0.15) is 11.6 Å². The molecule has 4 rings (SSSR count). The van der Waals surface area contributed by atoms with E-state index in [9.17, 15) is 14.0 Å². The van der Waals surface area contributed by atoms with Gasteiger partial charge in [-0.05, 0) is 37.1 Å². The molecule has 0 saturated carbocycles. The SMILES string of the molecule is Cc1nc([C@@H]2C[C@H](NC(=O)c3ccccc3)CN2C(=O)Cc2ccccc2F)n[nH]1. The molecule has 0 unspecified atom stereocenters. The van der Waals surface area contributed by atoms with Gasteiger partial charge in [0, 0.05) is 18.2 Å². The lowest BCUT2D eigenvalue weighted by Gasteiger charge is -2.22. The first-order valence-electron chi connectivity index (χ1n) is 9.79. The van der Waals surface area contributed by atoms with Crippen LogP contribution in [0.3, 0.4) is 0 Å². The summed E-state index contributed by atoms with van der Waals surface area (Å²) in [6, 6.07) is 14.5. The monoisotopic (exact) mass is 407 g/mol. The van der Waals surface area contributed by atoms with E-state index in [4.69, 9.17) is 0 Å². The highest BCUT2D eigenvalue weighted by molar-refractivity contribution is 5.94. The van der Waals surface area contributed by atoms with Crippen LogP contribution < -0.4 is 5.32 Å². The summed E-state index contributed by atoms with van der Waals surface area (Å²) >= 11 is 0. The predicted octanol–water partition coefficient (Wildman–Crippen LogP) is 2.57. The summed E-state index contributed by atoms with van der Waals surface area (Å²) in [7, 11) is 0. The summed E-state index contributed by atoms with van der Waals surface area (Å²) in [5, 5.41) is 10.00. The van der Waals surface area contributed by atoms with Gasteiger partial charge in [-0.25, -0.2) is 9.37 Å². The van der Waals surface area contributed by atoms with E-state index in [-0.39, 0.29) is 24.3 Å². The highest BCUT2D eigenvalue weighted by Crippen LogP contribution is 2.31. The van der Waals surface area contributed by atoms with E-state index in [0.717, 1.165) is 0 Å². The van der Waals surface area contributed by atoms with Gasteiger partial charge in [0.2, 0.25) is 5.91 Å². The van der Waals surface area contributed by atoms with Gasteiger partial charge >= 0.3 is 0 Å². The van der Waals surface area contributed by atoms with Crippen molar-refractivity contribution in [3.8, 4) is 0 Å². The molecule has 3 aromatic rings. The van der Waals surface area contributed by atoms with Crippen molar-refractivity contribution >= 4 is 11.8 Å². The Labute approximate surface area is 173 Å². The molecule has 8 heteroatoms. The molecule has 2 aromatic carbocycles. The van der Waals surface area contributed by atoms with Crippen LogP contribution in [0.4, 0.5) is 4.39 Å². The number of carbonyl (C=O) groups excluding carboxylic acids is 2. The van der Waals surface area contributed by atoms with Crippen molar-refractivity contribution in [3.05, 3.63) is 83.2 Å². The summed E-state index contributed by atoms with van der Waals surface area (Å²) in [5.41, 5.74) is 0.892. The standard InChI is InChI=1S/C22H22FN5O2/c1-14-24-21(27-26-14)19-12-17(25-22(30)15-7-3-2-4-8-15)13-28(19)20(29)11-16-9-5-6-10-18(16)23/h2-10,17,19H,11-13H2,1H3,(H,25,30)(H,24,26,27)/t17-,19-/m0/s1. The number of hydrogen-bond donors (Lipinski definition) is 2. The molecule has 30 heavy (non-hydrogen) atoms. The van der Waals surface area contributed by atoms with Gasteiger partial charge in [-0.15, -0.1) is 0 Å². The number of benzene rings is 2. The Morgan fingerprint density at radius 3 is 2.60 bits per heavy atom. The number of halogens is 1. The number of likely N-dealkylation sites (tertiary alicyclic amines) is 1. The Kier molecular flexibility index (Phi) is 5.56. The number of aromatic amines is 1. The van der Waals surface area contributed by atoms with Crippen LogP contribution in [-0.2, 0) is 11.2 Å². The fourth-order valence-corrected chi connectivity index (χ4v) is 3.73. The van der Waals surface area contributed by atoms with Gasteiger partial charge in [-0.2, -0.15) is 5.10 Å². The van der Waals surface area contributed by atoms with Crippen LogP contribution in [-0.4, -0.2) is 44.5 Å². The first-order chi connectivity index (χ1) is 14.5. The largest absolute Gasteiger partial charge is 0.347 e. The smallest absolute Gasteiger partial charge is 0.251 e. The van der Waals surface area contributed by atoms with Gasteiger partial charge < -0.3 is 10.2 Å². The van der Waals surface area contributed by atoms with Crippen molar-refractivity contribution in [2.45, 2.75) is 31.8 Å². The zero-order valence-electron chi connectivity index (χ0n) is 16.5. The maximum Gasteiger partial charge on any atom is 0.251 e. The van der Waals surface area contributed by atoms with E-state index in [1.165, 1.54) is 6.07 Å². The second kappa shape index (κ2) is 8.44. The van der Waals surface area contributed by atoms with Crippen LogP contribution in [0, 0.1) is 12.7 Å². The number of rotatable bonds is 5. The lowest BCUT2D eigenvalue weighted by atomic mass is 10.1. The molecule has 1 aromatic heterocycles. The quantitative estimate of drug-likeness (QED) is 0.680. The average molecular weight is 407 g/mol.